The SMILES string of the molecule is N#C/C(=C\c1ccc(Cl)s1)S(=O)(=O)c1cc(Cl)ccc1Cl. The molecule has 2 aromatic rings. The van der Waals surface area contributed by atoms with Crippen molar-refractivity contribution in [1.29, 1.82) is 5.26 Å². The van der Waals surface area contributed by atoms with Gasteiger partial charge in [-0.15, -0.1) is 11.3 Å². The van der Waals surface area contributed by atoms with Crippen LogP contribution in [0.15, 0.2) is 40.1 Å². The topological polar surface area (TPSA) is 57.9 Å². The van der Waals surface area contributed by atoms with Gasteiger partial charge in [0, 0.05) is 9.90 Å². The first-order chi connectivity index (χ1) is 9.84. The molecule has 0 saturated heterocycles. The van der Waals surface area contributed by atoms with Crippen LogP contribution in [0, 0.1) is 11.3 Å². The van der Waals surface area contributed by atoms with E-state index in [1.165, 1.54) is 24.3 Å². The quantitative estimate of drug-likeness (QED) is 0.702. The van der Waals surface area contributed by atoms with Crippen LogP contribution in [0.5, 0.6) is 0 Å². The van der Waals surface area contributed by atoms with Gasteiger partial charge in [0.05, 0.1) is 14.3 Å². The molecule has 0 aliphatic rings. The third-order valence-electron chi connectivity index (χ3n) is 2.45. The van der Waals surface area contributed by atoms with Crippen LogP contribution in [0.3, 0.4) is 0 Å². The average molecular weight is 379 g/mol. The molecule has 0 N–H and O–H groups in total. The van der Waals surface area contributed by atoms with E-state index < -0.39 is 14.7 Å². The van der Waals surface area contributed by atoms with E-state index in [4.69, 9.17) is 40.1 Å². The van der Waals surface area contributed by atoms with Crippen molar-refractivity contribution < 1.29 is 8.42 Å². The van der Waals surface area contributed by atoms with Crippen molar-refractivity contribution in [2.24, 2.45) is 0 Å². The van der Waals surface area contributed by atoms with E-state index in [1.807, 2.05) is 0 Å². The number of thiophene rings is 1. The maximum absolute atomic E-state index is 12.5. The predicted octanol–water partition coefficient (Wildman–Crippen LogP) is 5.05. The van der Waals surface area contributed by atoms with E-state index in [2.05, 4.69) is 0 Å². The van der Waals surface area contributed by atoms with E-state index in [-0.39, 0.29) is 14.9 Å². The fourth-order valence-corrected chi connectivity index (χ4v) is 4.49. The van der Waals surface area contributed by atoms with Crippen molar-refractivity contribution in [3.8, 4) is 6.07 Å². The van der Waals surface area contributed by atoms with Crippen LogP contribution in [-0.4, -0.2) is 8.42 Å². The first-order valence-corrected chi connectivity index (χ1v) is 8.85. The summed E-state index contributed by atoms with van der Waals surface area (Å²) in [7, 11) is -4.05. The number of sulfone groups is 1. The number of nitrogens with zero attached hydrogens (tertiary/aromatic N) is 1. The van der Waals surface area contributed by atoms with Crippen molar-refractivity contribution in [2.45, 2.75) is 4.90 Å². The Morgan fingerprint density at radius 3 is 2.48 bits per heavy atom. The van der Waals surface area contributed by atoms with E-state index >= 15 is 0 Å². The number of allylic oxidation sites excluding steroid dienone is 1. The second kappa shape index (κ2) is 6.39. The molecule has 8 heteroatoms. The van der Waals surface area contributed by atoms with Gasteiger partial charge in [-0.25, -0.2) is 8.42 Å². The highest BCUT2D eigenvalue weighted by Crippen LogP contribution is 2.31. The standard InChI is InChI=1S/C13H6Cl3NO2S2/c14-8-1-3-11(15)12(5-8)21(18,19)10(7-17)6-9-2-4-13(16)20-9/h1-6H/b10-6+. The average Bonchev–Trinajstić information content (AvgIpc) is 2.84. The zero-order valence-corrected chi connectivity index (χ0v) is 14.1. The number of hydrogen-bond acceptors (Lipinski definition) is 4. The fraction of sp³-hybridized carbons (Fsp3) is 0. The van der Waals surface area contributed by atoms with Gasteiger partial charge in [0.15, 0.2) is 4.91 Å². The lowest BCUT2D eigenvalue weighted by Gasteiger charge is -2.05. The lowest BCUT2D eigenvalue weighted by Crippen LogP contribution is -2.04. The molecule has 0 saturated carbocycles. The van der Waals surface area contributed by atoms with Gasteiger partial charge in [-0.3, -0.25) is 0 Å². The lowest BCUT2D eigenvalue weighted by molar-refractivity contribution is 0.603. The first kappa shape index (κ1) is 16.3. The molecule has 1 aromatic heterocycles. The number of benzene rings is 1. The van der Waals surface area contributed by atoms with Crippen LogP contribution < -0.4 is 0 Å². The monoisotopic (exact) mass is 377 g/mol. The van der Waals surface area contributed by atoms with Crippen LogP contribution in [0.1, 0.15) is 4.88 Å². The highest BCUT2D eigenvalue weighted by Gasteiger charge is 2.24. The molecule has 0 radical (unpaired) electrons. The Hall–Kier alpha value is -1.03. The molecule has 108 valence electrons. The molecule has 1 heterocycles. The Bertz CT molecular complexity index is 864. The van der Waals surface area contributed by atoms with E-state index in [9.17, 15) is 8.42 Å². The normalized spacial score (nSPS) is 12.2. The fourth-order valence-electron chi connectivity index (χ4n) is 1.51. The summed E-state index contributed by atoms with van der Waals surface area (Å²) in [5.41, 5.74) is 0. The van der Waals surface area contributed by atoms with Gasteiger partial charge in [-0.1, -0.05) is 34.8 Å². The van der Waals surface area contributed by atoms with Gasteiger partial charge < -0.3 is 0 Å². The summed E-state index contributed by atoms with van der Waals surface area (Å²) in [6.45, 7) is 0. The summed E-state index contributed by atoms with van der Waals surface area (Å²) in [6.07, 6.45) is 1.25. The largest absolute Gasteiger partial charge is 0.218 e. The van der Waals surface area contributed by atoms with Gasteiger partial charge >= 0.3 is 0 Å². The predicted molar refractivity (Wildman–Crippen MR) is 86.6 cm³/mol. The van der Waals surface area contributed by atoms with Crippen molar-refractivity contribution in [2.75, 3.05) is 0 Å². The summed E-state index contributed by atoms with van der Waals surface area (Å²) in [6, 6.07) is 8.97. The number of hydrogen-bond donors (Lipinski definition) is 0. The van der Waals surface area contributed by atoms with Crippen molar-refractivity contribution in [1.82, 2.24) is 0 Å². The Morgan fingerprint density at radius 2 is 1.90 bits per heavy atom. The maximum atomic E-state index is 12.5. The molecule has 0 aliphatic heterocycles. The van der Waals surface area contributed by atoms with E-state index in [0.717, 1.165) is 11.3 Å². The Morgan fingerprint density at radius 1 is 1.19 bits per heavy atom. The third kappa shape index (κ3) is 3.60. The van der Waals surface area contributed by atoms with Gasteiger partial charge in [0.25, 0.3) is 0 Å². The zero-order chi connectivity index (χ0) is 15.6. The van der Waals surface area contributed by atoms with Crippen LogP contribution in [0.25, 0.3) is 6.08 Å². The molecule has 2 rings (SSSR count). The first-order valence-electron chi connectivity index (χ1n) is 5.42. The molecule has 0 unspecified atom stereocenters. The molecule has 0 bridgehead atoms. The Balaban J connectivity index is 2.58. The summed E-state index contributed by atoms with van der Waals surface area (Å²) in [5, 5.41) is 9.37. The molecular formula is C13H6Cl3NO2S2. The van der Waals surface area contributed by atoms with Gasteiger partial charge in [0.2, 0.25) is 9.84 Å². The molecule has 0 spiro atoms. The number of halogens is 3. The minimum atomic E-state index is -4.05. The Labute approximate surface area is 140 Å². The lowest BCUT2D eigenvalue weighted by atomic mass is 10.4. The number of nitriles is 1. The highest BCUT2D eigenvalue weighted by atomic mass is 35.5. The molecule has 0 atom stereocenters. The summed E-state index contributed by atoms with van der Waals surface area (Å²) in [5.74, 6) is 0. The van der Waals surface area contributed by atoms with Crippen LogP contribution in [0.4, 0.5) is 0 Å². The van der Waals surface area contributed by atoms with Crippen molar-refractivity contribution in [3.63, 3.8) is 0 Å². The molecule has 3 nitrogen and oxygen atoms in total. The third-order valence-corrected chi connectivity index (χ3v) is 6.01. The molecule has 1 aromatic carbocycles. The summed E-state index contributed by atoms with van der Waals surface area (Å²) >= 11 is 18.6. The molecule has 0 aliphatic carbocycles. The van der Waals surface area contributed by atoms with Crippen LogP contribution >= 0.6 is 46.1 Å². The minimum Gasteiger partial charge on any atom is -0.218 e. The van der Waals surface area contributed by atoms with Gasteiger partial charge in [-0.2, -0.15) is 5.26 Å². The molecular weight excluding hydrogens is 373 g/mol. The molecule has 21 heavy (non-hydrogen) atoms. The number of rotatable bonds is 3. The van der Waals surface area contributed by atoms with E-state index in [0.29, 0.717) is 9.21 Å². The van der Waals surface area contributed by atoms with Gasteiger partial charge in [0.1, 0.15) is 6.07 Å². The summed E-state index contributed by atoms with van der Waals surface area (Å²) in [4.78, 5) is -0.0735. The van der Waals surface area contributed by atoms with Crippen molar-refractivity contribution in [3.05, 3.63) is 54.5 Å². The zero-order valence-electron chi connectivity index (χ0n) is 10.2. The van der Waals surface area contributed by atoms with Crippen LogP contribution in [0.2, 0.25) is 14.4 Å². The highest BCUT2D eigenvalue weighted by molar-refractivity contribution is 7.95. The minimum absolute atomic E-state index is 0.00441. The van der Waals surface area contributed by atoms with Gasteiger partial charge in [-0.05, 0) is 36.4 Å². The second-order valence-electron chi connectivity index (χ2n) is 3.84. The summed E-state index contributed by atoms with van der Waals surface area (Å²) < 4.78 is 25.5. The van der Waals surface area contributed by atoms with E-state index in [1.54, 1.807) is 18.2 Å². The van der Waals surface area contributed by atoms with Crippen LogP contribution in [-0.2, 0) is 9.84 Å². The molecule has 0 amide bonds. The smallest absolute Gasteiger partial charge is 0.218 e. The second-order valence-corrected chi connectivity index (χ2v) is 8.32. The Kier molecular flexibility index (Phi) is 4.97. The van der Waals surface area contributed by atoms with Crippen molar-refractivity contribution >= 4 is 62.1 Å². The molecule has 0 fully saturated rings. The maximum Gasteiger partial charge on any atom is 0.218 e.